The number of rotatable bonds is 6. The predicted molar refractivity (Wildman–Crippen MR) is 99.0 cm³/mol. The van der Waals surface area contributed by atoms with Crippen LogP contribution in [0.2, 0.25) is 0 Å². The summed E-state index contributed by atoms with van der Waals surface area (Å²) in [5, 5.41) is 13.1. The third-order valence-corrected chi connectivity index (χ3v) is 6.49. The Bertz CT molecular complexity index is 667. The summed E-state index contributed by atoms with van der Waals surface area (Å²) in [7, 11) is 1.61. The van der Waals surface area contributed by atoms with Crippen LogP contribution in [0.3, 0.4) is 0 Å². The molecule has 0 bridgehead atoms. The van der Waals surface area contributed by atoms with E-state index in [0.717, 1.165) is 21.8 Å². The Hall–Kier alpha value is -1.60. The molecule has 3 rings (SSSR count). The van der Waals surface area contributed by atoms with Gasteiger partial charge in [-0.25, -0.2) is 0 Å². The lowest BCUT2D eigenvalue weighted by molar-refractivity contribution is 0.102. The van der Waals surface area contributed by atoms with Crippen molar-refractivity contribution in [2.45, 2.75) is 43.1 Å². The Morgan fingerprint density at radius 2 is 2.00 bits per heavy atom. The molecule has 1 heterocycles. The fraction of sp³-hybridized carbons (Fsp3) is 0.471. The molecule has 24 heavy (non-hydrogen) atoms. The summed E-state index contributed by atoms with van der Waals surface area (Å²) in [4.78, 5) is 12.2. The molecule has 0 unspecified atom stereocenters. The van der Waals surface area contributed by atoms with E-state index in [1.807, 2.05) is 23.9 Å². The fourth-order valence-corrected chi connectivity index (χ4v) is 4.76. The second-order valence-corrected chi connectivity index (χ2v) is 8.11. The second-order valence-electron chi connectivity index (χ2n) is 5.75. The summed E-state index contributed by atoms with van der Waals surface area (Å²) in [6.07, 6.45) is 6.64. The molecule has 0 atom stereocenters. The van der Waals surface area contributed by atoms with Crippen LogP contribution in [0, 0.1) is 0 Å². The first-order valence-electron chi connectivity index (χ1n) is 8.14. The largest absolute Gasteiger partial charge is 0.497 e. The van der Waals surface area contributed by atoms with Crippen molar-refractivity contribution in [1.82, 2.24) is 10.2 Å². The molecular formula is C17H21N3O2S2. The van der Waals surface area contributed by atoms with Crippen molar-refractivity contribution in [2.75, 3.05) is 12.4 Å². The number of benzene rings is 1. The third-order valence-electron chi connectivity index (χ3n) is 4.00. The Kier molecular flexibility index (Phi) is 6.09. The molecule has 128 valence electrons. The molecule has 0 radical (unpaired) electrons. The first kappa shape index (κ1) is 17.2. The summed E-state index contributed by atoms with van der Waals surface area (Å²) in [6.45, 7) is 0. The quantitative estimate of drug-likeness (QED) is 0.826. The minimum absolute atomic E-state index is 0.216. The number of aromatic nitrogens is 2. The van der Waals surface area contributed by atoms with E-state index in [1.54, 1.807) is 19.2 Å². The standard InChI is InChI=1S/C17H21N3O2S2/c1-22-13-9-7-12(8-10-13)18-16(21)17-20-19-15(24-17)11-23-14-5-3-2-4-6-14/h7-10,14H,2-6,11H2,1H3,(H,18,21). The Labute approximate surface area is 150 Å². The van der Waals surface area contributed by atoms with Gasteiger partial charge in [0, 0.05) is 16.7 Å². The van der Waals surface area contributed by atoms with E-state index in [4.69, 9.17) is 4.74 Å². The van der Waals surface area contributed by atoms with Crippen LogP contribution in [0.4, 0.5) is 5.69 Å². The van der Waals surface area contributed by atoms with Crippen LogP contribution >= 0.6 is 23.1 Å². The van der Waals surface area contributed by atoms with Gasteiger partial charge in [-0.15, -0.1) is 10.2 Å². The number of nitrogens with one attached hydrogen (secondary N) is 1. The van der Waals surface area contributed by atoms with Crippen molar-refractivity contribution in [2.24, 2.45) is 0 Å². The smallest absolute Gasteiger partial charge is 0.286 e. The van der Waals surface area contributed by atoms with Crippen LogP contribution in [0.1, 0.15) is 46.9 Å². The number of amides is 1. The van der Waals surface area contributed by atoms with Crippen LogP contribution in [0.5, 0.6) is 5.75 Å². The maximum atomic E-state index is 12.2. The Morgan fingerprint density at radius 1 is 1.25 bits per heavy atom. The summed E-state index contributed by atoms with van der Waals surface area (Å²) in [5.41, 5.74) is 0.717. The fourth-order valence-electron chi connectivity index (χ4n) is 2.68. The zero-order chi connectivity index (χ0) is 16.8. The molecule has 1 aliphatic rings. The highest BCUT2D eigenvalue weighted by Gasteiger charge is 2.17. The molecule has 0 aliphatic heterocycles. The summed E-state index contributed by atoms with van der Waals surface area (Å²) in [6, 6.07) is 7.22. The Balaban J connectivity index is 1.52. The van der Waals surface area contributed by atoms with Gasteiger partial charge in [-0.3, -0.25) is 4.79 Å². The van der Waals surface area contributed by atoms with E-state index in [-0.39, 0.29) is 5.91 Å². The number of thioether (sulfide) groups is 1. The zero-order valence-corrected chi connectivity index (χ0v) is 15.3. The van der Waals surface area contributed by atoms with Gasteiger partial charge in [-0.05, 0) is 37.1 Å². The lowest BCUT2D eigenvalue weighted by Gasteiger charge is -2.20. The molecule has 0 saturated heterocycles. The number of carbonyl (C=O) groups excluding carboxylic acids is 1. The van der Waals surface area contributed by atoms with E-state index >= 15 is 0 Å². The molecule has 0 spiro atoms. The van der Waals surface area contributed by atoms with E-state index < -0.39 is 0 Å². The predicted octanol–water partition coefficient (Wildman–Crippen LogP) is 4.36. The lowest BCUT2D eigenvalue weighted by atomic mass is 10.0. The normalized spacial score (nSPS) is 15.2. The van der Waals surface area contributed by atoms with Crippen LogP contribution < -0.4 is 10.1 Å². The molecule has 5 nitrogen and oxygen atoms in total. The molecule has 2 aromatic rings. The van der Waals surface area contributed by atoms with E-state index in [9.17, 15) is 4.79 Å². The molecule has 1 amide bonds. The number of ether oxygens (including phenoxy) is 1. The maximum absolute atomic E-state index is 12.2. The summed E-state index contributed by atoms with van der Waals surface area (Å²) < 4.78 is 5.10. The first-order valence-corrected chi connectivity index (χ1v) is 10.0. The number of anilines is 1. The van der Waals surface area contributed by atoms with Crippen LogP contribution in [-0.4, -0.2) is 28.5 Å². The number of carbonyl (C=O) groups is 1. The van der Waals surface area contributed by atoms with Gasteiger partial charge in [-0.1, -0.05) is 30.6 Å². The minimum atomic E-state index is -0.216. The van der Waals surface area contributed by atoms with Crippen molar-refractivity contribution in [1.29, 1.82) is 0 Å². The number of methoxy groups -OCH3 is 1. The van der Waals surface area contributed by atoms with Gasteiger partial charge in [0.05, 0.1) is 7.11 Å². The number of nitrogens with zero attached hydrogens (tertiary/aromatic N) is 2. The Morgan fingerprint density at radius 3 is 2.71 bits per heavy atom. The minimum Gasteiger partial charge on any atom is -0.497 e. The van der Waals surface area contributed by atoms with Gasteiger partial charge in [0.2, 0.25) is 5.01 Å². The zero-order valence-electron chi connectivity index (χ0n) is 13.7. The van der Waals surface area contributed by atoms with E-state index in [1.165, 1.54) is 43.4 Å². The van der Waals surface area contributed by atoms with Crippen molar-refractivity contribution < 1.29 is 9.53 Å². The highest BCUT2D eigenvalue weighted by molar-refractivity contribution is 7.99. The first-order chi connectivity index (χ1) is 11.7. The summed E-state index contributed by atoms with van der Waals surface area (Å²) in [5.74, 6) is 1.38. The third kappa shape index (κ3) is 4.70. The van der Waals surface area contributed by atoms with Gasteiger partial charge < -0.3 is 10.1 Å². The molecule has 1 aromatic heterocycles. The lowest BCUT2D eigenvalue weighted by Crippen LogP contribution is -2.11. The van der Waals surface area contributed by atoms with Crippen molar-refractivity contribution in [3.05, 3.63) is 34.3 Å². The highest BCUT2D eigenvalue weighted by atomic mass is 32.2. The average Bonchev–Trinajstić information content (AvgIpc) is 3.11. The topological polar surface area (TPSA) is 64.1 Å². The van der Waals surface area contributed by atoms with Crippen molar-refractivity contribution >= 4 is 34.7 Å². The SMILES string of the molecule is COc1ccc(NC(=O)c2nnc(CSC3CCCCC3)s2)cc1. The average molecular weight is 364 g/mol. The number of hydrogen-bond donors (Lipinski definition) is 1. The molecule has 1 saturated carbocycles. The van der Waals surface area contributed by atoms with Crippen LogP contribution in [0.15, 0.2) is 24.3 Å². The monoisotopic (exact) mass is 363 g/mol. The van der Waals surface area contributed by atoms with Gasteiger partial charge in [-0.2, -0.15) is 11.8 Å². The van der Waals surface area contributed by atoms with Crippen molar-refractivity contribution in [3.8, 4) is 5.75 Å². The molecule has 1 fully saturated rings. The summed E-state index contributed by atoms with van der Waals surface area (Å²) >= 11 is 3.32. The van der Waals surface area contributed by atoms with Gasteiger partial charge in [0.25, 0.3) is 5.91 Å². The molecule has 7 heteroatoms. The molecular weight excluding hydrogens is 342 g/mol. The van der Waals surface area contributed by atoms with Crippen LogP contribution in [-0.2, 0) is 5.75 Å². The molecule has 1 aliphatic carbocycles. The second kappa shape index (κ2) is 8.48. The van der Waals surface area contributed by atoms with Gasteiger partial charge >= 0.3 is 0 Å². The van der Waals surface area contributed by atoms with E-state index in [2.05, 4.69) is 15.5 Å². The molecule has 1 N–H and O–H groups in total. The van der Waals surface area contributed by atoms with E-state index in [0.29, 0.717) is 10.7 Å². The van der Waals surface area contributed by atoms with Gasteiger partial charge in [0.15, 0.2) is 0 Å². The van der Waals surface area contributed by atoms with Crippen LogP contribution in [0.25, 0.3) is 0 Å². The molecule has 1 aromatic carbocycles. The number of hydrogen-bond acceptors (Lipinski definition) is 6. The maximum Gasteiger partial charge on any atom is 0.286 e. The van der Waals surface area contributed by atoms with Crippen molar-refractivity contribution in [3.63, 3.8) is 0 Å². The highest BCUT2D eigenvalue weighted by Crippen LogP contribution is 2.31. The van der Waals surface area contributed by atoms with Gasteiger partial charge in [0.1, 0.15) is 10.8 Å².